The molecule has 1 heterocycles. The predicted octanol–water partition coefficient (Wildman–Crippen LogP) is 4.37. The standard InChI is InChI=1S/C22H29N3OS/c1-14(21-23-18-5-3-4-6-19(18)27-21)25(2)13-20(26)24-22-10-15-7-16(11-22)9-17(8-15)12-22/h3-6,14-17H,7-13H2,1-2H3,(H,24,26)/t14-,15?,16?,17?,22?/m1/s1. The summed E-state index contributed by atoms with van der Waals surface area (Å²) in [6.45, 7) is 2.59. The van der Waals surface area contributed by atoms with E-state index < -0.39 is 0 Å². The molecule has 4 bridgehead atoms. The first-order valence-electron chi connectivity index (χ1n) is 10.4. The quantitative estimate of drug-likeness (QED) is 0.834. The summed E-state index contributed by atoms with van der Waals surface area (Å²) in [5, 5.41) is 4.58. The van der Waals surface area contributed by atoms with E-state index in [9.17, 15) is 4.79 Å². The van der Waals surface area contributed by atoms with Gasteiger partial charge in [0.05, 0.1) is 22.8 Å². The largest absolute Gasteiger partial charge is 0.350 e. The molecule has 4 nitrogen and oxygen atoms in total. The van der Waals surface area contributed by atoms with Crippen molar-refractivity contribution in [2.45, 2.75) is 57.0 Å². The highest BCUT2D eigenvalue weighted by Gasteiger charge is 2.51. The first kappa shape index (κ1) is 17.6. The fourth-order valence-corrected chi connectivity index (χ4v) is 7.30. The smallest absolute Gasteiger partial charge is 0.234 e. The number of benzene rings is 1. The Hall–Kier alpha value is -1.46. The van der Waals surface area contributed by atoms with Crippen LogP contribution in [0.25, 0.3) is 10.2 Å². The molecule has 0 spiro atoms. The normalized spacial score (nSPS) is 32.9. The minimum Gasteiger partial charge on any atom is -0.350 e. The third kappa shape index (κ3) is 3.29. The molecule has 1 amide bonds. The molecule has 0 radical (unpaired) electrons. The summed E-state index contributed by atoms with van der Waals surface area (Å²) >= 11 is 1.73. The second-order valence-electron chi connectivity index (χ2n) is 9.36. The number of aromatic nitrogens is 1. The van der Waals surface area contributed by atoms with E-state index in [1.54, 1.807) is 11.3 Å². The number of carbonyl (C=O) groups excluding carboxylic acids is 1. The van der Waals surface area contributed by atoms with Crippen LogP contribution >= 0.6 is 11.3 Å². The highest BCUT2D eigenvalue weighted by molar-refractivity contribution is 7.18. The van der Waals surface area contributed by atoms with Crippen LogP contribution in [0, 0.1) is 17.8 Å². The zero-order valence-electron chi connectivity index (χ0n) is 16.3. The number of nitrogens with zero attached hydrogens (tertiary/aromatic N) is 2. The molecule has 1 aromatic heterocycles. The number of para-hydroxylation sites is 1. The summed E-state index contributed by atoms with van der Waals surface area (Å²) < 4.78 is 1.21. The number of hydrogen-bond acceptors (Lipinski definition) is 4. The lowest BCUT2D eigenvalue weighted by Gasteiger charge is -2.57. The van der Waals surface area contributed by atoms with E-state index in [1.807, 2.05) is 13.1 Å². The zero-order chi connectivity index (χ0) is 18.6. The maximum Gasteiger partial charge on any atom is 0.234 e. The lowest BCUT2D eigenvalue weighted by molar-refractivity contribution is -0.128. The second-order valence-corrected chi connectivity index (χ2v) is 10.4. The molecule has 4 aliphatic rings. The molecule has 144 valence electrons. The summed E-state index contributed by atoms with van der Waals surface area (Å²) in [6, 6.07) is 8.39. The monoisotopic (exact) mass is 383 g/mol. The Morgan fingerprint density at radius 1 is 1.22 bits per heavy atom. The van der Waals surface area contributed by atoms with Crippen molar-refractivity contribution in [3.63, 3.8) is 0 Å². The van der Waals surface area contributed by atoms with Crippen LogP contribution in [-0.4, -0.2) is 34.9 Å². The molecule has 0 saturated heterocycles. The van der Waals surface area contributed by atoms with Gasteiger partial charge in [-0.1, -0.05) is 12.1 Å². The first-order chi connectivity index (χ1) is 13.0. The summed E-state index contributed by atoms with van der Waals surface area (Å²) in [5.41, 5.74) is 1.15. The van der Waals surface area contributed by atoms with Crippen LogP contribution in [0.4, 0.5) is 0 Å². The van der Waals surface area contributed by atoms with Crippen LogP contribution in [0.5, 0.6) is 0 Å². The average molecular weight is 384 g/mol. The van der Waals surface area contributed by atoms with Crippen molar-refractivity contribution in [3.05, 3.63) is 29.3 Å². The number of amides is 1. The average Bonchev–Trinajstić information content (AvgIpc) is 3.03. The van der Waals surface area contributed by atoms with E-state index in [0.717, 1.165) is 28.3 Å². The fraction of sp³-hybridized carbons (Fsp3) is 0.636. The molecule has 4 saturated carbocycles. The topological polar surface area (TPSA) is 45.2 Å². The highest BCUT2D eigenvalue weighted by Crippen LogP contribution is 2.55. The van der Waals surface area contributed by atoms with Crippen molar-refractivity contribution in [2.75, 3.05) is 13.6 Å². The molecule has 0 unspecified atom stereocenters. The van der Waals surface area contributed by atoms with E-state index >= 15 is 0 Å². The Morgan fingerprint density at radius 3 is 2.48 bits per heavy atom. The van der Waals surface area contributed by atoms with Crippen molar-refractivity contribution in [1.82, 2.24) is 15.2 Å². The van der Waals surface area contributed by atoms with Gasteiger partial charge in [0.25, 0.3) is 0 Å². The first-order valence-corrected chi connectivity index (χ1v) is 11.2. The van der Waals surface area contributed by atoms with Crippen LogP contribution < -0.4 is 5.32 Å². The van der Waals surface area contributed by atoms with Crippen LogP contribution in [0.1, 0.15) is 56.5 Å². The molecule has 1 atom stereocenters. The van der Waals surface area contributed by atoms with Crippen molar-refractivity contribution in [1.29, 1.82) is 0 Å². The van der Waals surface area contributed by atoms with Crippen molar-refractivity contribution in [3.8, 4) is 0 Å². The third-order valence-electron chi connectivity index (χ3n) is 7.16. The lowest BCUT2D eigenvalue weighted by atomic mass is 9.53. The highest BCUT2D eigenvalue weighted by atomic mass is 32.1. The Balaban J connectivity index is 1.24. The van der Waals surface area contributed by atoms with Crippen LogP contribution in [0.15, 0.2) is 24.3 Å². The van der Waals surface area contributed by atoms with Gasteiger partial charge in [-0.2, -0.15) is 0 Å². The Labute approximate surface area is 165 Å². The molecule has 1 N–H and O–H groups in total. The number of thiazole rings is 1. The van der Waals surface area contributed by atoms with Gasteiger partial charge in [0.2, 0.25) is 5.91 Å². The summed E-state index contributed by atoms with van der Waals surface area (Å²) in [6.07, 6.45) is 7.85. The maximum atomic E-state index is 12.9. The number of hydrogen-bond donors (Lipinski definition) is 1. The number of carbonyl (C=O) groups is 1. The maximum absolute atomic E-state index is 12.9. The SMILES string of the molecule is C[C@H](c1nc2ccccc2s1)N(C)CC(=O)NC12CC3CC(CC(C3)C1)C2. The minimum absolute atomic E-state index is 0.103. The van der Waals surface area contributed by atoms with Gasteiger partial charge in [-0.05, 0) is 82.4 Å². The molecular formula is C22H29N3OS. The summed E-state index contributed by atoms with van der Waals surface area (Å²) in [4.78, 5) is 19.8. The van der Waals surface area contributed by atoms with E-state index in [4.69, 9.17) is 4.98 Å². The Morgan fingerprint density at radius 2 is 1.85 bits per heavy atom. The van der Waals surface area contributed by atoms with E-state index in [2.05, 4.69) is 35.3 Å². The number of likely N-dealkylation sites (N-methyl/N-ethyl adjacent to an activating group) is 1. The second kappa shape index (κ2) is 6.56. The Kier molecular flexibility index (Phi) is 4.28. The van der Waals surface area contributed by atoms with E-state index in [0.29, 0.717) is 6.54 Å². The molecule has 5 heteroatoms. The minimum atomic E-state index is 0.103. The van der Waals surface area contributed by atoms with Gasteiger partial charge >= 0.3 is 0 Å². The molecule has 2 aromatic rings. The van der Waals surface area contributed by atoms with Crippen LogP contribution in [0.3, 0.4) is 0 Å². The van der Waals surface area contributed by atoms with Gasteiger partial charge in [0, 0.05) is 5.54 Å². The number of nitrogens with one attached hydrogen (secondary N) is 1. The molecule has 27 heavy (non-hydrogen) atoms. The number of rotatable bonds is 5. The van der Waals surface area contributed by atoms with Gasteiger partial charge in [0.1, 0.15) is 5.01 Å². The molecule has 1 aromatic carbocycles. The van der Waals surface area contributed by atoms with E-state index in [-0.39, 0.29) is 17.5 Å². The van der Waals surface area contributed by atoms with Crippen LogP contribution in [-0.2, 0) is 4.79 Å². The molecule has 4 aliphatic carbocycles. The summed E-state index contributed by atoms with van der Waals surface area (Å²) in [7, 11) is 2.04. The fourth-order valence-electron chi connectivity index (χ4n) is 6.22. The van der Waals surface area contributed by atoms with Crippen molar-refractivity contribution in [2.24, 2.45) is 17.8 Å². The van der Waals surface area contributed by atoms with Crippen molar-refractivity contribution < 1.29 is 4.79 Å². The van der Waals surface area contributed by atoms with E-state index in [1.165, 1.54) is 43.2 Å². The third-order valence-corrected chi connectivity index (χ3v) is 8.37. The summed E-state index contributed by atoms with van der Waals surface area (Å²) in [5.74, 6) is 2.76. The van der Waals surface area contributed by atoms with Gasteiger partial charge in [-0.15, -0.1) is 11.3 Å². The Bertz CT molecular complexity index is 792. The van der Waals surface area contributed by atoms with Gasteiger partial charge in [0.15, 0.2) is 0 Å². The molecule has 4 fully saturated rings. The molecular weight excluding hydrogens is 354 g/mol. The molecule has 6 rings (SSSR count). The zero-order valence-corrected chi connectivity index (χ0v) is 17.1. The van der Waals surface area contributed by atoms with Gasteiger partial charge in [-0.3, -0.25) is 9.69 Å². The molecule has 0 aliphatic heterocycles. The van der Waals surface area contributed by atoms with Gasteiger partial charge < -0.3 is 5.32 Å². The van der Waals surface area contributed by atoms with Crippen molar-refractivity contribution >= 4 is 27.5 Å². The number of fused-ring (bicyclic) bond motifs is 1. The lowest BCUT2D eigenvalue weighted by Crippen LogP contribution is -2.60. The van der Waals surface area contributed by atoms with Gasteiger partial charge in [-0.25, -0.2) is 4.98 Å². The van der Waals surface area contributed by atoms with Crippen LogP contribution in [0.2, 0.25) is 0 Å². The predicted molar refractivity (Wildman–Crippen MR) is 110 cm³/mol.